The van der Waals surface area contributed by atoms with Crippen LogP contribution >= 0.6 is 11.6 Å². The maximum atomic E-state index is 12.0. The van der Waals surface area contributed by atoms with Gasteiger partial charge in [-0.05, 0) is 45.0 Å². The Bertz CT molecular complexity index is 432. The molecular weight excluding hydrogens is 262 g/mol. The minimum absolute atomic E-state index is 0.117. The van der Waals surface area contributed by atoms with Gasteiger partial charge in [0, 0.05) is 12.6 Å². The van der Waals surface area contributed by atoms with E-state index < -0.39 is 0 Å². The third kappa shape index (κ3) is 4.48. The molecule has 1 atom stereocenters. The summed E-state index contributed by atoms with van der Waals surface area (Å²) in [6.07, 6.45) is 3.84. The van der Waals surface area contributed by atoms with Gasteiger partial charge in [-0.3, -0.25) is 4.79 Å². The van der Waals surface area contributed by atoms with E-state index in [2.05, 4.69) is 15.2 Å². The minimum Gasteiger partial charge on any atom is -0.347 e. The number of nitrogens with one attached hydrogen (secondary N) is 1. The quantitative estimate of drug-likeness (QED) is 0.862. The zero-order chi connectivity index (χ0) is 13.7. The summed E-state index contributed by atoms with van der Waals surface area (Å²) in [6, 6.07) is 5.19. The van der Waals surface area contributed by atoms with E-state index in [4.69, 9.17) is 11.6 Å². The first-order valence-electron chi connectivity index (χ1n) is 6.81. The molecule has 0 aliphatic carbocycles. The van der Waals surface area contributed by atoms with E-state index in [0.717, 1.165) is 19.6 Å². The van der Waals surface area contributed by atoms with Gasteiger partial charge in [-0.1, -0.05) is 24.1 Å². The predicted molar refractivity (Wildman–Crippen MR) is 76.5 cm³/mol. The van der Waals surface area contributed by atoms with Crippen molar-refractivity contribution in [2.24, 2.45) is 0 Å². The Kier molecular flexibility index (Phi) is 5.16. The molecule has 1 unspecified atom stereocenters. The summed E-state index contributed by atoms with van der Waals surface area (Å²) >= 11 is 5.78. The van der Waals surface area contributed by atoms with Crippen LogP contribution in [0, 0.1) is 0 Å². The van der Waals surface area contributed by atoms with E-state index in [0.29, 0.717) is 10.8 Å². The van der Waals surface area contributed by atoms with Gasteiger partial charge in [-0.25, -0.2) is 4.98 Å². The molecule has 0 radical (unpaired) electrons. The van der Waals surface area contributed by atoms with Crippen molar-refractivity contribution in [2.75, 3.05) is 19.6 Å². The molecule has 1 fully saturated rings. The summed E-state index contributed by atoms with van der Waals surface area (Å²) in [6.45, 7) is 5.19. The number of nitrogens with zero attached hydrogens (tertiary/aromatic N) is 2. The standard InChI is InChI=1S/C14H20ClN3O/c1-11(10-18-8-3-2-4-9-18)16-14(19)12-6-5-7-13(15)17-12/h5-7,11H,2-4,8-10H2,1H3,(H,16,19). The summed E-state index contributed by atoms with van der Waals surface area (Å²) in [5, 5.41) is 3.31. The maximum absolute atomic E-state index is 12.0. The molecule has 104 valence electrons. The second-order valence-corrected chi connectivity index (χ2v) is 5.47. The number of likely N-dealkylation sites (tertiary alicyclic amines) is 1. The lowest BCUT2D eigenvalue weighted by atomic mass is 10.1. The lowest BCUT2D eigenvalue weighted by Crippen LogP contribution is -2.43. The first-order chi connectivity index (χ1) is 9.15. The largest absolute Gasteiger partial charge is 0.347 e. The van der Waals surface area contributed by atoms with Crippen molar-refractivity contribution in [2.45, 2.75) is 32.2 Å². The first-order valence-corrected chi connectivity index (χ1v) is 7.19. The van der Waals surface area contributed by atoms with E-state index in [-0.39, 0.29) is 11.9 Å². The van der Waals surface area contributed by atoms with Gasteiger partial charge in [0.2, 0.25) is 0 Å². The lowest BCUT2D eigenvalue weighted by Gasteiger charge is -2.29. The van der Waals surface area contributed by atoms with Gasteiger partial charge in [0.1, 0.15) is 10.8 Å². The van der Waals surface area contributed by atoms with Crippen molar-refractivity contribution in [3.8, 4) is 0 Å². The van der Waals surface area contributed by atoms with E-state index in [1.54, 1.807) is 18.2 Å². The summed E-state index contributed by atoms with van der Waals surface area (Å²) in [5.74, 6) is -0.160. The van der Waals surface area contributed by atoms with Crippen LogP contribution in [0.4, 0.5) is 0 Å². The Hall–Kier alpha value is -1.13. The minimum atomic E-state index is -0.160. The molecule has 1 aromatic heterocycles. The van der Waals surface area contributed by atoms with Crippen LogP contribution in [0.3, 0.4) is 0 Å². The average Bonchev–Trinajstić information content (AvgIpc) is 2.39. The fraction of sp³-hybridized carbons (Fsp3) is 0.571. The third-order valence-electron chi connectivity index (χ3n) is 3.31. The van der Waals surface area contributed by atoms with Crippen LogP contribution in [0.25, 0.3) is 0 Å². The number of rotatable bonds is 4. The van der Waals surface area contributed by atoms with Crippen LogP contribution in [0.1, 0.15) is 36.7 Å². The first kappa shape index (κ1) is 14.3. The van der Waals surface area contributed by atoms with Crippen molar-refractivity contribution >= 4 is 17.5 Å². The zero-order valence-corrected chi connectivity index (χ0v) is 12.0. The molecule has 1 aliphatic rings. The Labute approximate surface area is 119 Å². The zero-order valence-electron chi connectivity index (χ0n) is 11.2. The number of hydrogen-bond donors (Lipinski definition) is 1. The number of piperidine rings is 1. The van der Waals surface area contributed by atoms with Crippen molar-refractivity contribution in [3.63, 3.8) is 0 Å². The van der Waals surface area contributed by atoms with Gasteiger partial charge in [-0.15, -0.1) is 0 Å². The van der Waals surface area contributed by atoms with Crippen molar-refractivity contribution < 1.29 is 4.79 Å². The van der Waals surface area contributed by atoms with Crippen LogP contribution < -0.4 is 5.32 Å². The molecule has 19 heavy (non-hydrogen) atoms. The topological polar surface area (TPSA) is 45.2 Å². The monoisotopic (exact) mass is 281 g/mol. The molecule has 2 heterocycles. The Morgan fingerprint density at radius 3 is 2.84 bits per heavy atom. The number of amides is 1. The number of carbonyl (C=O) groups is 1. The molecule has 4 nitrogen and oxygen atoms in total. The maximum Gasteiger partial charge on any atom is 0.270 e. The smallest absolute Gasteiger partial charge is 0.270 e. The SMILES string of the molecule is CC(CN1CCCCC1)NC(=O)c1cccc(Cl)n1. The highest BCUT2D eigenvalue weighted by Crippen LogP contribution is 2.09. The molecule has 1 aliphatic heterocycles. The number of halogens is 1. The second-order valence-electron chi connectivity index (χ2n) is 5.08. The van der Waals surface area contributed by atoms with Crippen LogP contribution in [0.15, 0.2) is 18.2 Å². The van der Waals surface area contributed by atoms with Gasteiger partial charge >= 0.3 is 0 Å². The molecule has 5 heteroatoms. The van der Waals surface area contributed by atoms with Crippen molar-refractivity contribution in [1.82, 2.24) is 15.2 Å². The van der Waals surface area contributed by atoms with Crippen molar-refractivity contribution in [1.29, 1.82) is 0 Å². The molecule has 0 aromatic carbocycles. The Balaban J connectivity index is 1.84. The highest BCUT2D eigenvalue weighted by molar-refractivity contribution is 6.29. The fourth-order valence-electron chi connectivity index (χ4n) is 2.41. The van der Waals surface area contributed by atoms with Gasteiger partial charge in [-0.2, -0.15) is 0 Å². The fourth-order valence-corrected chi connectivity index (χ4v) is 2.57. The Morgan fingerprint density at radius 2 is 2.16 bits per heavy atom. The highest BCUT2D eigenvalue weighted by Gasteiger charge is 2.16. The van der Waals surface area contributed by atoms with E-state index >= 15 is 0 Å². The molecule has 1 N–H and O–H groups in total. The normalized spacial score (nSPS) is 18.0. The summed E-state index contributed by atoms with van der Waals surface area (Å²) < 4.78 is 0. The van der Waals surface area contributed by atoms with E-state index in [9.17, 15) is 4.79 Å². The van der Waals surface area contributed by atoms with Gasteiger partial charge in [0.15, 0.2) is 0 Å². The number of carbonyl (C=O) groups excluding carboxylic acids is 1. The third-order valence-corrected chi connectivity index (χ3v) is 3.52. The molecular formula is C14H20ClN3O. The molecule has 2 rings (SSSR count). The predicted octanol–water partition coefficient (Wildman–Crippen LogP) is 2.34. The van der Waals surface area contributed by atoms with Gasteiger partial charge in [0.25, 0.3) is 5.91 Å². The molecule has 1 amide bonds. The molecule has 1 saturated heterocycles. The van der Waals surface area contributed by atoms with E-state index in [1.807, 2.05) is 6.92 Å². The molecule has 1 aromatic rings. The average molecular weight is 282 g/mol. The van der Waals surface area contributed by atoms with Crippen LogP contribution in [-0.4, -0.2) is 41.5 Å². The van der Waals surface area contributed by atoms with E-state index in [1.165, 1.54) is 19.3 Å². The molecule has 0 spiro atoms. The number of pyridine rings is 1. The lowest BCUT2D eigenvalue weighted by molar-refractivity contribution is 0.0920. The van der Waals surface area contributed by atoms with Crippen molar-refractivity contribution in [3.05, 3.63) is 29.0 Å². The van der Waals surface area contributed by atoms with Gasteiger partial charge in [0.05, 0.1) is 0 Å². The van der Waals surface area contributed by atoms with Crippen LogP contribution in [0.5, 0.6) is 0 Å². The second kappa shape index (κ2) is 6.87. The molecule has 0 bridgehead atoms. The highest BCUT2D eigenvalue weighted by atomic mass is 35.5. The Morgan fingerprint density at radius 1 is 1.42 bits per heavy atom. The van der Waals surface area contributed by atoms with Crippen LogP contribution in [0.2, 0.25) is 5.15 Å². The van der Waals surface area contributed by atoms with Gasteiger partial charge < -0.3 is 10.2 Å². The summed E-state index contributed by atoms with van der Waals surface area (Å²) in [7, 11) is 0. The summed E-state index contributed by atoms with van der Waals surface area (Å²) in [4.78, 5) is 18.4. The summed E-state index contributed by atoms with van der Waals surface area (Å²) in [5.41, 5.74) is 0.373. The number of hydrogen-bond acceptors (Lipinski definition) is 3. The number of aromatic nitrogens is 1. The van der Waals surface area contributed by atoms with Crippen LogP contribution in [-0.2, 0) is 0 Å². The molecule has 0 saturated carbocycles.